The molecule has 7 heteroatoms. The Hall–Kier alpha value is -3.32. The molecule has 2 aromatic heterocycles. The maximum Gasteiger partial charge on any atom is 0.295 e. The summed E-state index contributed by atoms with van der Waals surface area (Å²) in [6.45, 7) is 0.270. The fourth-order valence-corrected chi connectivity index (χ4v) is 4.26. The third kappa shape index (κ3) is 3.69. The number of pyridine rings is 1. The van der Waals surface area contributed by atoms with Crippen LogP contribution in [0.25, 0.3) is 5.76 Å². The van der Waals surface area contributed by atoms with Gasteiger partial charge in [0.15, 0.2) is 0 Å². The summed E-state index contributed by atoms with van der Waals surface area (Å²) in [4.78, 5) is 31.8. The minimum absolute atomic E-state index is 0.0720. The molecule has 0 aliphatic carbocycles. The fraction of sp³-hybridized carbons (Fsp3) is 0.136. The van der Waals surface area contributed by atoms with Gasteiger partial charge in [-0.3, -0.25) is 14.6 Å². The molecule has 4 rings (SSSR count). The third-order valence-corrected chi connectivity index (χ3v) is 5.79. The van der Waals surface area contributed by atoms with Crippen molar-refractivity contribution in [1.82, 2.24) is 9.88 Å². The molecular formula is C22H17FN2O3S. The van der Waals surface area contributed by atoms with Gasteiger partial charge in [-0.25, -0.2) is 4.39 Å². The lowest BCUT2D eigenvalue weighted by atomic mass is 10.0. The first-order valence-electron chi connectivity index (χ1n) is 9.03. The van der Waals surface area contributed by atoms with Gasteiger partial charge >= 0.3 is 0 Å². The summed E-state index contributed by atoms with van der Waals surface area (Å²) in [6, 6.07) is 12.2. The number of ketones is 1. The number of nitrogens with zero attached hydrogens (tertiary/aromatic N) is 2. The number of hydrogen-bond acceptors (Lipinski definition) is 5. The van der Waals surface area contributed by atoms with Crippen molar-refractivity contribution in [3.63, 3.8) is 0 Å². The van der Waals surface area contributed by atoms with Crippen LogP contribution >= 0.6 is 11.3 Å². The average molecular weight is 408 g/mol. The van der Waals surface area contributed by atoms with Crippen LogP contribution in [0.1, 0.15) is 22.0 Å². The summed E-state index contributed by atoms with van der Waals surface area (Å²) in [5.41, 5.74) is 1.35. The van der Waals surface area contributed by atoms with Crippen LogP contribution in [0, 0.1) is 5.82 Å². The van der Waals surface area contributed by atoms with Gasteiger partial charge in [0.25, 0.3) is 11.7 Å². The second-order valence-electron chi connectivity index (χ2n) is 6.62. The number of benzene rings is 1. The van der Waals surface area contributed by atoms with Crippen LogP contribution in [-0.4, -0.2) is 33.2 Å². The predicted molar refractivity (Wildman–Crippen MR) is 108 cm³/mol. The lowest BCUT2D eigenvalue weighted by Gasteiger charge is -2.24. The van der Waals surface area contributed by atoms with Crippen LogP contribution in [0.5, 0.6) is 0 Å². The number of carbonyl (C=O) groups excluding carboxylic acids is 2. The van der Waals surface area contributed by atoms with E-state index in [4.69, 9.17) is 0 Å². The molecule has 1 amide bonds. The summed E-state index contributed by atoms with van der Waals surface area (Å²) in [5, 5.41) is 12.7. The highest BCUT2D eigenvalue weighted by Crippen LogP contribution is 2.41. The van der Waals surface area contributed by atoms with Crippen LogP contribution in [0.4, 0.5) is 4.39 Å². The minimum Gasteiger partial charge on any atom is -0.507 e. The standard InChI is InChI=1S/C22H17FN2O3S/c23-16-5-3-14(4-6-16)9-12-25-19(17-2-1-13-29-17)18(21(27)22(25)28)20(26)15-7-10-24-11-8-15/h1-8,10-11,13,19,26H,9,12H2/b20-18-. The van der Waals surface area contributed by atoms with Crippen LogP contribution in [-0.2, 0) is 16.0 Å². The van der Waals surface area contributed by atoms with Crippen molar-refractivity contribution in [2.75, 3.05) is 6.54 Å². The van der Waals surface area contributed by atoms with E-state index in [1.54, 1.807) is 24.3 Å². The van der Waals surface area contributed by atoms with Crippen molar-refractivity contribution in [2.24, 2.45) is 0 Å². The van der Waals surface area contributed by atoms with Gasteiger partial charge in [-0.1, -0.05) is 18.2 Å². The summed E-state index contributed by atoms with van der Waals surface area (Å²) >= 11 is 1.41. The Morgan fingerprint density at radius 2 is 1.83 bits per heavy atom. The molecule has 1 aliphatic heterocycles. The quantitative estimate of drug-likeness (QED) is 0.394. The zero-order valence-electron chi connectivity index (χ0n) is 15.3. The molecule has 1 N–H and O–H groups in total. The molecule has 3 heterocycles. The molecule has 0 spiro atoms. The zero-order chi connectivity index (χ0) is 20.4. The van der Waals surface area contributed by atoms with E-state index >= 15 is 0 Å². The van der Waals surface area contributed by atoms with Crippen LogP contribution in [0.3, 0.4) is 0 Å². The molecule has 1 aliphatic rings. The number of hydrogen-bond donors (Lipinski definition) is 1. The van der Waals surface area contributed by atoms with Gasteiger partial charge in [0.2, 0.25) is 0 Å². The van der Waals surface area contributed by atoms with Crippen LogP contribution < -0.4 is 0 Å². The Morgan fingerprint density at radius 1 is 1.10 bits per heavy atom. The number of carbonyl (C=O) groups is 2. The van der Waals surface area contributed by atoms with E-state index in [0.717, 1.165) is 10.4 Å². The molecule has 0 saturated carbocycles. The van der Waals surface area contributed by atoms with E-state index in [1.807, 2.05) is 17.5 Å². The smallest absolute Gasteiger partial charge is 0.295 e. The number of amides is 1. The molecular weight excluding hydrogens is 391 g/mol. The highest BCUT2D eigenvalue weighted by molar-refractivity contribution is 7.10. The first-order valence-corrected chi connectivity index (χ1v) is 9.91. The fourth-order valence-electron chi connectivity index (χ4n) is 3.42. The minimum atomic E-state index is -0.711. The first kappa shape index (κ1) is 19.0. The molecule has 0 bridgehead atoms. The second kappa shape index (κ2) is 7.97. The number of Topliss-reactive ketones (excluding diaryl/α,β-unsaturated/α-hetero) is 1. The Morgan fingerprint density at radius 3 is 2.48 bits per heavy atom. The van der Waals surface area contributed by atoms with Gasteiger partial charge in [0.05, 0.1) is 11.6 Å². The summed E-state index contributed by atoms with van der Waals surface area (Å²) in [6.07, 6.45) is 3.49. The Bertz CT molecular complexity index is 1060. The summed E-state index contributed by atoms with van der Waals surface area (Å²) < 4.78 is 13.1. The largest absolute Gasteiger partial charge is 0.507 e. The number of aliphatic hydroxyl groups excluding tert-OH is 1. The van der Waals surface area contributed by atoms with Crippen LogP contribution in [0.15, 0.2) is 71.9 Å². The number of rotatable bonds is 5. The van der Waals surface area contributed by atoms with E-state index in [0.29, 0.717) is 12.0 Å². The Kier molecular flexibility index (Phi) is 5.22. The lowest BCUT2D eigenvalue weighted by molar-refractivity contribution is -0.139. The van der Waals surface area contributed by atoms with Crippen molar-refractivity contribution in [2.45, 2.75) is 12.5 Å². The zero-order valence-corrected chi connectivity index (χ0v) is 16.1. The second-order valence-corrected chi connectivity index (χ2v) is 7.60. The predicted octanol–water partition coefficient (Wildman–Crippen LogP) is 3.95. The van der Waals surface area contributed by atoms with Crippen molar-refractivity contribution < 1.29 is 19.1 Å². The van der Waals surface area contributed by atoms with Crippen molar-refractivity contribution in [3.05, 3.63) is 93.7 Å². The van der Waals surface area contributed by atoms with Gasteiger partial charge in [0, 0.05) is 29.4 Å². The molecule has 1 unspecified atom stereocenters. The molecule has 0 radical (unpaired) electrons. The van der Waals surface area contributed by atoms with Crippen molar-refractivity contribution in [3.8, 4) is 0 Å². The van der Waals surface area contributed by atoms with Gasteiger partial charge in [-0.05, 0) is 47.7 Å². The van der Waals surface area contributed by atoms with Gasteiger partial charge < -0.3 is 10.0 Å². The van der Waals surface area contributed by atoms with Gasteiger partial charge in [-0.2, -0.15) is 0 Å². The molecule has 1 aromatic carbocycles. The first-order chi connectivity index (χ1) is 14.1. The summed E-state index contributed by atoms with van der Waals surface area (Å²) in [5.74, 6) is -1.91. The van der Waals surface area contributed by atoms with Crippen LogP contribution in [0.2, 0.25) is 0 Å². The average Bonchev–Trinajstić information content (AvgIpc) is 3.35. The van der Waals surface area contributed by atoms with E-state index in [2.05, 4.69) is 4.98 Å². The van der Waals surface area contributed by atoms with E-state index in [9.17, 15) is 19.1 Å². The number of aromatic nitrogens is 1. The number of aliphatic hydroxyl groups is 1. The third-order valence-electron chi connectivity index (χ3n) is 4.86. The topological polar surface area (TPSA) is 70.5 Å². The number of halogens is 1. The molecule has 5 nitrogen and oxygen atoms in total. The van der Waals surface area contributed by atoms with Crippen molar-refractivity contribution >= 4 is 28.8 Å². The highest BCUT2D eigenvalue weighted by Gasteiger charge is 2.46. The normalized spacial score (nSPS) is 18.4. The van der Waals surface area contributed by atoms with Gasteiger partial charge in [-0.15, -0.1) is 11.3 Å². The van der Waals surface area contributed by atoms with E-state index in [-0.39, 0.29) is 23.7 Å². The maximum absolute atomic E-state index is 13.1. The highest BCUT2D eigenvalue weighted by atomic mass is 32.1. The molecule has 3 aromatic rings. The number of likely N-dealkylation sites (tertiary alicyclic amines) is 1. The monoisotopic (exact) mass is 408 g/mol. The number of thiophene rings is 1. The molecule has 1 atom stereocenters. The van der Waals surface area contributed by atoms with Crippen molar-refractivity contribution in [1.29, 1.82) is 0 Å². The lowest BCUT2D eigenvalue weighted by Crippen LogP contribution is -2.31. The summed E-state index contributed by atoms with van der Waals surface area (Å²) in [7, 11) is 0. The molecule has 1 saturated heterocycles. The molecule has 29 heavy (non-hydrogen) atoms. The Balaban J connectivity index is 1.72. The SMILES string of the molecule is O=C1C(=O)N(CCc2ccc(F)cc2)C(c2cccs2)/C1=C(/O)c1ccncc1. The van der Waals surface area contributed by atoms with E-state index < -0.39 is 17.7 Å². The molecule has 1 fully saturated rings. The Labute approximate surface area is 170 Å². The maximum atomic E-state index is 13.1. The van der Waals surface area contributed by atoms with E-state index in [1.165, 1.54) is 40.8 Å². The van der Waals surface area contributed by atoms with Gasteiger partial charge in [0.1, 0.15) is 11.6 Å². The molecule has 146 valence electrons.